The summed E-state index contributed by atoms with van der Waals surface area (Å²) in [5.74, 6) is 0. The van der Waals surface area contributed by atoms with Crippen molar-refractivity contribution in [3.8, 4) is 0 Å². The average molecular weight is 193 g/mol. The van der Waals surface area contributed by atoms with Crippen LogP contribution in [-0.2, 0) is 4.74 Å². The third-order valence-electron chi connectivity index (χ3n) is 2.52. The van der Waals surface area contributed by atoms with E-state index in [0.29, 0.717) is 13.0 Å². The number of rotatable bonds is 1. The SMILES string of the molecule is Cc1cncc(C2CC(O)CCO2)c1. The fourth-order valence-corrected chi connectivity index (χ4v) is 1.77. The van der Waals surface area contributed by atoms with Crippen LogP contribution in [0.1, 0.15) is 30.1 Å². The lowest BCUT2D eigenvalue weighted by atomic mass is 10.00. The Kier molecular flexibility index (Phi) is 2.79. The predicted octanol–water partition coefficient (Wildman–Crippen LogP) is 1.60. The maximum Gasteiger partial charge on any atom is 0.0864 e. The zero-order chi connectivity index (χ0) is 9.97. The van der Waals surface area contributed by atoms with E-state index >= 15 is 0 Å². The molecule has 1 saturated heterocycles. The minimum atomic E-state index is -0.228. The van der Waals surface area contributed by atoms with Gasteiger partial charge in [-0.2, -0.15) is 0 Å². The smallest absolute Gasteiger partial charge is 0.0864 e. The lowest BCUT2D eigenvalue weighted by Gasteiger charge is -2.26. The summed E-state index contributed by atoms with van der Waals surface area (Å²) in [5.41, 5.74) is 2.20. The van der Waals surface area contributed by atoms with Gasteiger partial charge < -0.3 is 9.84 Å². The van der Waals surface area contributed by atoms with Crippen LogP contribution in [0.5, 0.6) is 0 Å². The fraction of sp³-hybridized carbons (Fsp3) is 0.545. The number of aryl methyl sites for hydroxylation is 1. The second-order valence-corrected chi connectivity index (χ2v) is 3.83. The number of hydrogen-bond donors (Lipinski definition) is 1. The molecule has 2 atom stereocenters. The van der Waals surface area contributed by atoms with Crippen molar-refractivity contribution in [3.05, 3.63) is 29.6 Å². The van der Waals surface area contributed by atoms with E-state index in [0.717, 1.165) is 17.5 Å². The molecule has 0 saturated carbocycles. The number of pyridine rings is 1. The minimum Gasteiger partial charge on any atom is -0.393 e. The molecule has 0 spiro atoms. The third kappa shape index (κ3) is 2.11. The lowest BCUT2D eigenvalue weighted by molar-refractivity contribution is -0.0449. The second-order valence-electron chi connectivity index (χ2n) is 3.83. The molecular formula is C11H15NO2. The maximum absolute atomic E-state index is 9.51. The molecule has 2 rings (SSSR count). The minimum absolute atomic E-state index is 0.0196. The van der Waals surface area contributed by atoms with Gasteiger partial charge in [0.1, 0.15) is 0 Å². The van der Waals surface area contributed by atoms with Crippen LogP contribution in [0, 0.1) is 6.92 Å². The van der Waals surface area contributed by atoms with Gasteiger partial charge in [-0.05, 0) is 24.5 Å². The van der Waals surface area contributed by atoms with E-state index in [2.05, 4.69) is 11.1 Å². The fourth-order valence-electron chi connectivity index (χ4n) is 1.77. The molecule has 1 aromatic rings. The van der Waals surface area contributed by atoms with Gasteiger partial charge >= 0.3 is 0 Å². The largest absolute Gasteiger partial charge is 0.393 e. The van der Waals surface area contributed by atoms with Crippen molar-refractivity contribution < 1.29 is 9.84 Å². The van der Waals surface area contributed by atoms with Crippen LogP contribution in [0.2, 0.25) is 0 Å². The van der Waals surface area contributed by atoms with Crippen LogP contribution in [0.25, 0.3) is 0 Å². The molecule has 0 amide bonds. The van der Waals surface area contributed by atoms with Gasteiger partial charge in [0.15, 0.2) is 0 Å². The normalized spacial score (nSPS) is 27.6. The van der Waals surface area contributed by atoms with Gasteiger partial charge in [-0.15, -0.1) is 0 Å². The zero-order valence-corrected chi connectivity index (χ0v) is 8.31. The van der Waals surface area contributed by atoms with E-state index in [4.69, 9.17) is 4.74 Å². The number of hydrogen-bond acceptors (Lipinski definition) is 3. The number of ether oxygens (including phenoxy) is 1. The molecule has 0 bridgehead atoms. The highest BCUT2D eigenvalue weighted by molar-refractivity contribution is 5.19. The molecule has 0 aromatic carbocycles. The molecule has 1 fully saturated rings. The standard InChI is InChI=1S/C11H15NO2/c1-8-4-9(7-12-6-8)11-5-10(13)2-3-14-11/h4,6-7,10-11,13H,2-3,5H2,1H3. The van der Waals surface area contributed by atoms with Gasteiger partial charge in [-0.25, -0.2) is 0 Å². The van der Waals surface area contributed by atoms with E-state index in [9.17, 15) is 5.11 Å². The van der Waals surface area contributed by atoms with Crippen molar-refractivity contribution in [1.29, 1.82) is 0 Å². The van der Waals surface area contributed by atoms with E-state index in [1.807, 2.05) is 19.3 Å². The Bertz CT molecular complexity index is 314. The van der Waals surface area contributed by atoms with Gasteiger partial charge in [0, 0.05) is 25.4 Å². The van der Waals surface area contributed by atoms with E-state index in [-0.39, 0.29) is 12.2 Å². The Morgan fingerprint density at radius 3 is 3.07 bits per heavy atom. The molecule has 14 heavy (non-hydrogen) atoms. The molecule has 0 radical (unpaired) electrons. The van der Waals surface area contributed by atoms with Crippen molar-refractivity contribution in [2.24, 2.45) is 0 Å². The molecule has 1 aliphatic heterocycles. The Hall–Kier alpha value is -0.930. The highest BCUT2D eigenvalue weighted by atomic mass is 16.5. The van der Waals surface area contributed by atoms with E-state index in [1.54, 1.807) is 0 Å². The molecule has 1 aromatic heterocycles. The highest BCUT2D eigenvalue weighted by Gasteiger charge is 2.22. The molecule has 3 nitrogen and oxygen atoms in total. The molecule has 0 aliphatic carbocycles. The van der Waals surface area contributed by atoms with Crippen LogP contribution in [0.3, 0.4) is 0 Å². The summed E-state index contributed by atoms with van der Waals surface area (Å²) < 4.78 is 5.59. The quantitative estimate of drug-likeness (QED) is 0.736. The molecule has 76 valence electrons. The van der Waals surface area contributed by atoms with Gasteiger partial charge in [0.2, 0.25) is 0 Å². The van der Waals surface area contributed by atoms with Gasteiger partial charge in [0.25, 0.3) is 0 Å². The number of nitrogens with zero attached hydrogens (tertiary/aromatic N) is 1. The Morgan fingerprint density at radius 2 is 2.36 bits per heavy atom. The molecule has 2 heterocycles. The summed E-state index contributed by atoms with van der Waals surface area (Å²) in [6.45, 7) is 2.65. The summed E-state index contributed by atoms with van der Waals surface area (Å²) in [7, 11) is 0. The van der Waals surface area contributed by atoms with Crippen LogP contribution in [0.4, 0.5) is 0 Å². The van der Waals surface area contributed by atoms with Crippen LogP contribution in [0.15, 0.2) is 18.5 Å². The van der Waals surface area contributed by atoms with Gasteiger partial charge in [0.05, 0.1) is 12.2 Å². The number of aliphatic hydroxyl groups excluding tert-OH is 1. The Balaban J connectivity index is 2.14. The first-order valence-corrected chi connectivity index (χ1v) is 4.97. The maximum atomic E-state index is 9.51. The van der Waals surface area contributed by atoms with Crippen LogP contribution >= 0.6 is 0 Å². The first-order valence-electron chi connectivity index (χ1n) is 4.97. The monoisotopic (exact) mass is 193 g/mol. The number of aromatic nitrogens is 1. The number of aliphatic hydroxyl groups is 1. The molecule has 1 aliphatic rings. The van der Waals surface area contributed by atoms with Crippen molar-refractivity contribution in [3.63, 3.8) is 0 Å². The Morgan fingerprint density at radius 1 is 1.50 bits per heavy atom. The summed E-state index contributed by atoms with van der Waals surface area (Å²) in [6, 6.07) is 2.07. The average Bonchev–Trinajstić information content (AvgIpc) is 2.18. The summed E-state index contributed by atoms with van der Waals surface area (Å²) in [5, 5.41) is 9.51. The molecule has 2 unspecified atom stereocenters. The van der Waals surface area contributed by atoms with E-state index < -0.39 is 0 Å². The van der Waals surface area contributed by atoms with E-state index in [1.165, 1.54) is 0 Å². The second kappa shape index (κ2) is 4.07. The predicted molar refractivity (Wildman–Crippen MR) is 52.9 cm³/mol. The van der Waals surface area contributed by atoms with Crippen LogP contribution in [-0.4, -0.2) is 22.8 Å². The summed E-state index contributed by atoms with van der Waals surface area (Å²) >= 11 is 0. The zero-order valence-electron chi connectivity index (χ0n) is 8.31. The van der Waals surface area contributed by atoms with Crippen molar-refractivity contribution in [2.75, 3.05) is 6.61 Å². The third-order valence-corrected chi connectivity index (χ3v) is 2.52. The topological polar surface area (TPSA) is 42.4 Å². The summed E-state index contributed by atoms with van der Waals surface area (Å²) in [6.07, 6.45) is 4.86. The lowest BCUT2D eigenvalue weighted by Crippen LogP contribution is -2.23. The molecule has 3 heteroatoms. The van der Waals surface area contributed by atoms with Gasteiger partial charge in [-0.1, -0.05) is 6.07 Å². The Labute approximate surface area is 83.7 Å². The van der Waals surface area contributed by atoms with Crippen LogP contribution < -0.4 is 0 Å². The van der Waals surface area contributed by atoms with Crippen molar-refractivity contribution in [2.45, 2.75) is 32.0 Å². The van der Waals surface area contributed by atoms with Crippen molar-refractivity contribution >= 4 is 0 Å². The first kappa shape index (κ1) is 9.62. The molecule has 1 N–H and O–H groups in total. The van der Waals surface area contributed by atoms with Crippen molar-refractivity contribution in [1.82, 2.24) is 4.98 Å². The highest BCUT2D eigenvalue weighted by Crippen LogP contribution is 2.27. The summed E-state index contributed by atoms with van der Waals surface area (Å²) in [4.78, 5) is 4.12. The van der Waals surface area contributed by atoms with Gasteiger partial charge in [-0.3, -0.25) is 4.98 Å². The molecular weight excluding hydrogens is 178 g/mol. The first-order chi connectivity index (χ1) is 6.75.